The van der Waals surface area contributed by atoms with Crippen LogP contribution in [0.2, 0.25) is 0 Å². The maximum atomic E-state index is 13.5. The molecule has 0 unspecified atom stereocenters. The Morgan fingerprint density at radius 3 is 2.52 bits per heavy atom. The van der Waals surface area contributed by atoms with E-state index >= 15 is 0 Å². The van der Waals surface area contributed by atoms with Crippen LogP contribution in [0.3, 0.4) is 0 Å². The van der Waals surface area contributed by atoms with E-state index in [1.54, 1.807) is 0 Å². The smallest absolute Gasteiger partial charge is 0.358 e. The van der Waals surface area contributed by atoms with Crippen LogP contribution in [-0.2, 0) is 0 Å². The van der Waals surface area contributed by atoms with Gasteiger partial charge in [0.05, 0.1) is 5.69 Å². The van der Waals surface area contributed by atoms with E-state index in [0.717, 1.165) is 17.3 Å². The molecule has 0 aliphatic rings. The quantitative estimate of drug-likeness (QED) is 0.736. The number of imidazole rings is 1. The van der Waals surface area contributed by atoms with Gasteiger partial charge in [0.25, 0.3) is 0 Å². The van der Waals surface area contributed by atoms with Gasteiger partial charge in [0.2, 0.25) is 0 Å². The van der Waals surface area contributed by atoms with E-state index in [1.807, 2.05) is 32.0 Å². The topological polar surface area (TPSA) is 79.3 Å². The van der Waals surface area contributed by atoms with E-state index in [4.69, 9.17) is 0 Å². The third-order valence-electron chi connectivity index (χ3n) is 3.44. The van der Waals surface area contributed by atoms with Crippen LogP contribution in [0.1, 0.15) is 21.6 Å². The number of hydrogen-bond acceptors (Lipinski definition) is 4. The number of azo groups is 1. The number of carbonyl (C=O) groups is 1. The summed E-state index contributed by atoms with van der Waals surface area (Å²) in [5.74, 6) is -1.78. The molecule has 0 atom stereocenters. The largest absolute Gasteiger partial charge is 0.476 e. The minimum Gasteiger partial charge on any atom is -0.476 e. The molecule has 116 valence electrons. The Labute approximate surface area is 130 Å². The summed E-state index contributed by atoms with van der Waals surface area (Å²) in [6.07, 6.45) is 1.13. The first-order valence-corrected chi connectivity index (χ1v) is 6.86. The molecule has 0 spiro atoms. The molecule has 3 aromatic rings. The van der Waals surface area contributed by atoms with Crippen LogP contribution < -0.4 is 0 Å². The van der Waals surface area contributed by atoms with Crippen molar-refractivity contribution in [2.45, 2.75) is 13.8 Å². The second-order valence-electron chi connectivity index (χ2n) is 5.11. The van der Waals surface area contributed by atoms with Gasteiger partial charge in [-0.05, 0) is 37.1 Å². The van der Waals surface area contributed by atoms with Crippen LogP contribution in [0, 0.1) is 19.7 Å². The highest BCUT2D eigenvalue weighted by Crippen LogP contribution is 2.28. The Morgan fingerprint density at radius 1 is 1.17 bits per heavy atom. The van der Waals surface area contributed by atoms with Gasteiger partial charge >= 0.3 is 5.97 Å². The molecule has 0 radical (unpaired) electrons. The van der Waals surface area contributed by atoms with Gasteiger partial charge < -0.3 is 5.11 Å². The van der Waals surface area contributed by atoms with Crippen LogP contribution >= 0.6 is 0 Å². The SMILES string of the molecule is Cc1cccc(C)c1N=Nc1c(C(=O)O)nc2ccc(F)cn12. The summed E-state index contributed by atoms with van der Waals surface area (Å²) in [7, 11) is 0. The fourth-order valence-corrected chi connectivity index (χ4v) is 2.31. The van der Waals surface area contributed by atoms with Crippen LogP contribution in [0.4, 0.5) is 15.9 Å². The summed E-state index contributed by atoms with van der Waals surface area (Å²) < 4.78 is 14.7. The number of rotatable bonds is 3. The average Bonchev–Trinajstić information content (AvgIpc) is 2.85. The van der Waals surface area contributed by atoms with Gasteiger partial charge in [0.1, 0.15) is 11.5 Å². The summed E-state index contributed by atoms with van der Waals surface area (Å²) in [6, 6.07) is 8.26. The van der Waals surface area contributed by atoms with Crippen molar-refractivity contribution in [2.75, 3.05) is 0 Å². The Hall–Kier alpha value is -3.09. The molecule has 0 fully saturated rings. The zero-order valence-corrected chi connectivity index (χ0v) is 12.5. The third-order valence-corrected chi connectivity index (χ3v) is 3.44. The van der Waals surface area contributed by atoms with Crippen molar-refractivity contribution in [1.29, 1.82) is 0 Å². The number of nitrogens with zero attached hydrogens (tertiary/aromatic N) is 4. The fraction of sp³-hybridized carbons (Fsp3) is 0.125. The molecular weight excluding hydrogens is 299 g/mol. The molecule has 2 aromatic heterocycles. The maximum absolute atomic E-state index is 13.5. The van der Waals surface area contributed by atoms with Gasteiger partial charge in [0, 0.05) is 6.20 Å². The monoisotopic (exact) mass is 312 g/mol. The molecule has 7 heteroatoms. The fourth-order valence-electron chi connectivity index (χ4n) is 2.31. The normalized spacial score (nSPS) is 11.4. The van der Waals surface area contributed by atoms with Crippen molar-refractivity contribution >= 4 is 23.1 Å². The molecule has 1 N–H and O–H groups in total. The lowest BCUT2D eigenvalue weighted by Gasteiger charge is -2.02. The lowest BCUT2D eigenvalue weighted by atomic mass is 10.1. The molecule has 0 saturated carbocycles. The van der Waals surface area contributed by atoms with E-state index < -0.39 is 11.8 Å². The van der Waals surface area contributed by atoms with Crippen molar-refractivity contribution in [1.82, 2.24) is 9.38 Å². The number of aromatic nitrogens is 2. The van der Waals surface area contributed by atoms with Gasteiger partial charge in [0.15, 0.2) is 11.5 Å². The first kappa shape index (κ1) is 14.8. The third kappa shape index (κ3) is 2.68. The van der Waals surface area contributed by atoms with Crippen LogP contribution in [-0.4, -0.2) is 20.5 Å². The van der Waals surface area contributed by atoms with Crippen molar-refractivity contribution in [2.24, 2.45) is 10.2 Å². The maximum Gasteiger partial charge on any atom is 0.358 e. The van der Waals surface area contributed by atoms with E-state index in [2.05, 4.69) is 15.2 Å². The number of benzene rings is 1. The number of carboxylic acids is 1. The predicted octanol–water partition coefficient (Wildman–Crippen LogP) is 4.20. The lowest BCUT2D eigenvalue weighted by Crippen LogP contribution is -1.96. The van der Waals surface area contributed by atoms with Crippen LogP contribution in [0.5, 0.6) is 0 Å². The highest BCUT2D eigenvalue weighted by molar-refractivity contribution is 5.91. The molecule has 0 aliphatic carbocycles. The molecule has 0 saturated heterocycles. The molecule has 0 aliphatic heterocycles. The summed E-state index contributed by atoms with van der Waals surface area (Å²) in [5, 5.41) is 17.4. The Kier molecular flexibility index (Phi) is 3.61. The number of aryl methyl sites for hydroxylation is 2. The molecule has 1 aromatic carbocycles. The molecule has 0 bridgehead atoms. The number of aromatic carboxylic acids is 1. The molecular formula is C16H13FN4O2. The Balaban J connectivity index is 2.19. The van der Waals surface area contributed by atoms with E-state index in [1.165, 1.54) is 16.5 Å². The summed E-state index contributed by atoms with van der Waals surface area (Å²) in [5.41, 5.74) is 2.48. The second-order valence-corrected chi connectivity index (χ2v) is 5.11. The number of carboxylic acid groups (broad SMARTS) is 1. The van der Waals surface area contributed by atoms with Gasteiger partial charge in [-0.25, -0.2) is 14.2 Å². The van der Waals surface area contributed by atoms with Gasteiger partial charge in [-0.1, -0.05) is 18.2 Å². The highest BCUT2D eigenvalue weighted by Gasteiger charge is 2.18. The van der Waals surface area contributed by atoms with Crippen LogP contribution in [0.15, 0.2) is 46.8 Å². The van der Waals surface area contributed by atoms with Gasteiger partial charge in [-0.3, -0.25) is 4.40 Å². The molecule has 6 nitrogen and oxygen atoms in total. The van der Waals surface area contributed by atoms with E-state index in [9.17, 15) is 14.3 Å². The van der Waals surface area contributed by atoms with Gasteiger partial charge in [-0.2, -0.15) is 0 Å². The second kappa shape index (κ2) is 5.60. The molecule has 2 heterocycles. The number of fused-ring (bicyclic) bond motifs is 1. The number of pyridine rings is 1. The van der Waals surface area contributed by atoms with Crippen LogP contribution in [0.25, 0.3) is 5.65 Å². The standard InChI is InChI=1S/C16H13FN4O2/c1-9-4-3-5-10(2)13(9)19-20-15-14(16(22)23)18-12-7-6-11(17)8-21(12)15/h3-8H,1-2H3,(H,22,23). The average molecular weight is 312 g/mol. The van der Waals surface area contributed by atoms with Crippen molar-refractivity contribution in [3.8, 4) is 0 Å². The number of halogens is 1. The molecule has 3 rings (SSSR count). The zero-order chi connectivity index (χ0) is 16.6. The van der Waals surface area contributed by atoms with Crippen molar-refractivity contribution in [3.63, 3.8) is 0 Å². The van der Waals surface area contributed by atoms with E-state index in [0.29, 0.717) is 11.3 Å². The van der Waals surface area contributed by atoms with Crippen molar-refractivity contribution in [3.05, 3.63) is 59.2 Å². The lowest BCUT2D eigenvalue weighted by molar-refractivity contribution is 0.0692. The molecule has 0 amide bonds. The predicted molar refractivity (Wildman–Crippen MR) is 82.2 cm³/mol. The molecule has 23 heavy (non-hydrogen) atoms. The zero-order valence-electron chi connectivity index (χ0n) is 12.5. The van der Waals surface area contributed by atoms with E-state index in [-0.39, 0.29) is 11.5 Å². The first-order chi connectivity index (χ1) is 11.0. The van der Waals surface area contributed by atoms with Crippen molar-refractivity contribution < 1.29 is 14.3 Å². The minimum atomic E-state index is -1.25. The number of hydrogen-bond donors (Lipinski definition) is 1. The first-order valence-electron chi connectivity index (χ1n) is 6.86. The minimum absolute atomic E-state index is 0.0188. The summed E-state index contributed by atoms with van der Waals surface area (Å²) in [6.45, 7) is 3.77. The highest BCUT2D eigenvalue weighted by atomic mass is 19.1. The Bertz CT molecular complexity index is 926. The Morgan fingerprint density at radius 2 is 1.87 bits per heavy atom. The summed E-state index contributed by atoms with van der Waals surface area (Å²) >= 11 is 0. The van der Waals surface area contributed by atoms with Gasteiger partial charge in [-0.15, -0.1) is 10.2 Å². The summed E-state index contributed by atoms with van der Waals surface area (Å²) in [4.78, 5) is 15.3.